The molecule has 1 fully saturated rings. The summed E-state index contributed by atoms with van der Waals surface area (Å²) in [4.78, 5) is 55.6. The first kappa shape index (κ1) is 26.9. The lowest BCUT2D eigenvalue weighted by molar-refractivity contribution is -0.160. The number of likely N-dealkylation sites (tertiary alicyclic amines) is 1. The minimum absolute atomic E-state index is 0.245. The third kappa shape index (κ3) is 4.44. The molecule has 7 heteroatoms. The van der Waals surface area contributed by atoms with Crippen LogP contribution in [-0.4, -0.2) is 41.2 Å². The summed E-state index contributed by atoms with van der Waals surface area (Å²) in [7, 11) is 0. The van der Waals surface area contributed by atoms with Gasteiger partial charge in [-0.3, -0.25) is 19.3 Å². The van der Waals surface area contributed by atoms with Crippen LogP contribution in [0.2, 0.25) is 0 Å². The number of benzene rings is 3. The van der Waals surface area contributed by atoms with Gasteiger partial charge in [-0.05, 0) is 54.2 Å². The first-order valence-corrected chi connectivity index (χ1v) is 14.4. The lowest BCUT2D eigenvalue weighted by atomic mass is 9.55. The van der Waals surface area contributed by atoms with Crippen LogP contribution in [0, 0.1) is 25.7 Å². The molecule has 1 N–H and O–H groups in total. The van der Waals surface area contributed by atoms with Gasteiger partial charge in [0, 0.05) is 17.5 Å². The van der Waals surface area contributed by atoms with E-state index in [2.05, 4.69) is 29.6 Å². The predicted molar refractivity (Wildman–Crippen MR) is 154 cm³/mol. The molecule has 7 nitrogen and oxygen atoms in total. The van der Waals surface area contributed by atoms with Crippen molar-refractivity contribution in [3.05, 3.63) is 100 Å². The average molecular weight is 551 g/mol. The monoisotopic (exact) mass is 550 g/mol. The molecule has 0 aromatic heterocycles. The molecule has 3 aromatic carbocycles. The average Bonchev–Trinajstić information content (AvgIpc) is 3.24. The summed E-state index contributed by atoms with van der Waals surface area (Å²) in [6, 6.07) is 20.7. The van der Waals surface area contributed by atoms with E-state index in [1.165, 1.54) is 4.90 Å². The van der Waals surface area contributed by atoms with Gasteiger partial charge in [0.05, 0.1) is 11.8 Å². The number of imide groups is 1. The van der Waals surface area contributed by atoms with Crippen molar-refractivity contribution in [2.45, 2.75) is 57.9 Å². The Kier molecular flexibility index (Phi) is 6.98. The van der Waals surface area contributed by atoms with E-state index in [4.69, 9.17) is 4.74 Å². The number of carbonyl (C=O) groups excluding carboxylic acids is 4. The van der Waals surface area contributed by atoms with Crippen molar-refractivity contribution >= 4 is 29.4 Å². The van der Waals surface area contributed by atoms with Crippen molar-refractivity contribution in [2.24, 2.45) is 11.8 Å². The summed E-state index contributed by atoms with van der Waals surface area (Å²) in [5.74, 6) is -3.47. The van der Waals surface area contributed by atoms with Crippen LogP contribution < -0.4 is 5.32 Å². The molecule has 7 rings (SSSR count). The molecule has 0 unspecified atom stereocenters. The number of unbranched alkanes of at least 4 members (excludes halogenated alkanes) is 1. The van der Waals surface area contributed by atoms with E-state index >= 15 is 0 Å². The van der Waals surface area contributed by atoms with E-state index in [0.29, 0.717) is 18.5 Å². The number of hydrogen-bond acceptors (Lipinski definition) is 5. The van der Waals surface area contributed by atoms with Gasteiger partial charge >= 0.3 is 5.97 Å². The molecule has 3 aliphatic carbocycles. The molecule has 0 saturated carbocycles. The molecule has 210 valence electrons. The maximum atomic E-state index is 14.1. The fourth-order valence-corrected chi connectivity index (χ4v) is 7.13. The number of esters is 1. The zero-order chi connectivity index (χ0) is 28.8. The lowest BCUT2D eigenvalue weighted by Crippen LogP contribution is -2.47. The van der Waals surface area contributed by atoms with E-state index in [1.807, 2.05) is 63.2 Å². The van der Waals surface area contributed by atoms with E-state index in [1.54, 1.807) is 0 Å². The molecular weight excluding hydrogens is 516 g/mol. The Morgan fingerprint density at radius 2 is 1.39 bits per heavy atom. The zero-order valence-corrected chi connectivity index (χ0v) is 23.6. The van der Waals surface area contributed by atoms with E-state index < -0.39 is 36.4 Å². The highest BCUT2D eigenvalue weighted by Gasteiger charge is 2.63. The van der Waals surface area contributed by atoms with Crippen molar-refractivity contribution in [3.8, 4) is 0 Å². The van der Waals surface area contributed by atoms with Crippen LogP contribution in [0.25, 0.3) is 0 Å². The molecule has 1 aliphatic heterocycles. The highest BCUT2D eigenvalue weighted by Crippen LogP contribution is 2.61. The van der Waals surface area contributed by atoms with Crippen LogP contribution in [-0.2, 0) is 23.9 Å². The fraction of sp³-hybridized carbons (Fsp3) is 0.353. The number of ether oxygens (including phenoxy) is 1. The zero-order valence-electron chi connectivity index (χ0n) is 23.6. The van der Waals surface area contributed by atoms with Crippen LogP contribution in [0.3, 0.4) is 0 Å². The fourth-order valence-electron chi connectivity index (χ4n) is 7.13. The van der Waals surface area contributed by atoms with Crippen LogP contribution >= 0.6 is 0 Å². The van der Waals surface area contributed by atoms with E-state index in [-0.39, 0.29) is 23.7 Å². The maximum absolute atomic E-state index is 14.1. The number of anilines is 1. The van der Waals surface area contributed by atoms with Gasteiger partial charge in [0.25, 0.3) is 5.91 Å². The molecule has 41 heavy (non-hydrogen) atoms. The Bertz CT molecular complexity index is 1450. The first-order valence-electron chi connectivity index (χ1n) is 14.4. The number of nitrogens with one attached hydrogen (secondary N) is 1. The van der Waals surface area contributed by atoms with Gasteiger partial charge in [-0.25, -0.2) is 4.79 Å². The second kappa shape index (κ2) is 10.6. The topological polar surface area (TPSA) is 92.8 Å². The lowest BCUT2D eigenvalue weighted by Gasteiger charge is -2.45. The maximum Gasteiger partial charge on any atom is 0.329 e. The van der Waals surface area contributed by atoms with Crippen LogP contribution in [0.1, 0.15) is 71.4 Å². The van der Waals surface area contributed by atoms with Gasteiger partial charge in [0.15, 0.2) is 6.61 Å². The third-order valence-electron chi connectivity index (χ3n) is 8.90. The van der Waals surface area contributed by atoms with Gasteiger partial charge in [0.2, 0.25) is 11.8 Å². The summed E-state index contributed by atoms with van der Waals surface area (Å²) in [5.41, 5.74) is 6.94. The molecule has 2 bridgehead atoms. The summed E-state index contributed by atoms with van der Waals surface area (Å²) in [5, 5.41) is 2.78. The number of amides is 3. The number of rotatable bonds is 8. The van der Waals surface area contributed by atoms with Crippen LogP contribution in [0.5, 0.6) is 0 Å². The molecule has 4 aliphatic rings. The smallest absolute Gasteiger partial charge is 0.329 e. The predicted octanol–water partition coefficient (Wildman–Crippen LogP) is 5.24. The minimum Gasteiger partial charge on any atom is -0.454 e. The number of nitrogens with zero attached hydrogens (tertiary/aromatic N) is 1. The second-order valence-corrected chi connectivity index (χ2v) is 11.4. The highest BCUT2D eigenvalue weighted by atomic mass is 16.5. The molecule has 1 heterocycles. The Labute approximate surface area is 239 Å². The Morgan fingerprint density at radius 1 is 0.854 bits per heavy atom. The van der Waals surface area contributed by atoms with E-state index in [9.17, 15) is 19.2 Å². The van der Waals surface area contributed by atoms with Crippen molar-refractivity contribution in [1.82, 2.24) is 4.90 Å². The summed E-state index contributed by atoms with van der Waals surface area (Å²) in [6.07, 6.45) is 1.70. The van der Waals surface area contributed by atoms with Crippen molar-refractivity contribution in [1.29, 1.82) is 0 Å². The quantitative estimate of drug-likeness (QED) is 0.306. The normalized spacial score (nSPS) is 22.6. The van der Waals surface area contributed by atoms with E-state index in [0.717, 1.165) is 39.8 Å². The van der Waals surface area contributed by atoms with Gasteiger partial charge in [0.1, 0.15) is 6.04 Å². The van der Waals surface area contributed by atoms with Gasteiger partial charge < -0.3 is 10.1 Å². The Balaban J connectivity index is 1.26. The molecule has 0 radical (unpaired) electrons. The van der Waals surface area contributed by atoms with Gasteiger partial charge in [-0.2, -0.15) is 0 Å². The van der Waals surface area contributed by atoms with Crippen molar-refractivity contribution in [2.75, 3.05) is 11.9 Å². The van der Waals surface area contributed by atoms with Crippen molar-refractivity contribution in [3.63, 3.8) is 0 Å². The van der Waals surface area contributed by atoms with Crippen LogP contribution in [0.15, 0.2) is 66.7 Å². The number of hydrogen-bond donors (Lipinski definition) is 1. The molecular formula is C34H34N2O5. The molecule has 3 aromatic rings. The largest absolute Gasteiger partial charge is 0.454 e. The molecule has 3 amide bonds. The first-order chi connectivity index (χ1) is 19.8. The van der Waals surface area contributed by atoms with Gasteiger partial charge in [-0.15, -0.1) is 0 Å². The standard InChI is InChI=1S/C34H34N2O5/c1-4-5-14-26(34(40)41-18-27(37)35-25-16-15-19(2)17-20(25)3)36-32(38)30-28-21-10-6-7-11-22(21)29(31(30)33(36)39)24-13-9-8-12-23(24)28/h6-13,15-17,26,28-31H,4-5,14,18H2,1-3H3,(H,35,37)/t26-,28?,29?,30-,31-/m1/s1. The Hall–Kier alpha value is -4.26. The summed E-state index contributed by atoms with van der Waals surface area (Å²) >= 11 is 0. The van der Waals surface area contributed by atoms with Crippen LogP contribution in [0.4, 0.5) is 5.69 Å². The SMILES string of the molecule is CCCC[C@H](C(=O)OCC(=O)Nc1ccc(C)cc1C)N1C(=O)[C@@H]2C3c4ccccc4C(c4ccccc43)[C@H]2C1=O. The second-order valence-electron chi connectivity index (χ2n) is 11.4. The summed E-state index contributed by atoms with van der Waals surface area (Å²) < 4.78 is 5.46. The molecule has 0 spiro atoms. The number of aryl methyl sites for hydroxylation is 2. The van der Waals surface area contributed by atoms with Crippen molar-refractivity contribution < 1.29 is 23.9 Å². The number of carbonyl (C=O) groups is 4. The summed E-state index contributed by atoms with van der Waals surface area (Å²) in [6.45, 7) is 5.35. The molecule has 1 saturated heterocycles. The Morgan fingerprint density at radius 3 is 1.88 bits per heavy atom. The molecule has 3 atom stereocenters. The van der Waals surface area contributed by atoms with Gasteiger partial charge in [-0.1, -0.05) is 86.0 Å². The third-order valence-corrected chi connectivity index (χ3v) is 8.90. The highest BCUT2D eigenvalue weighted by molar-refractivity contribution is 6.10. The minimum atomic E-state index is -1.07.